The van der Waals surface area contributed by atoms with Crippen molar-refractivity contribution in [3.63, 3.8) is 0 Å². The van der Waals surface area contributed by atoms with Crippen LogP contribution in [0.25, 0.3) is 0 Å². The highest BCUT2D eigenvalue weighted by Crippen LogP contribution is 2.56. The van der Waals surface area contributed by atoms with Crippen LogP contribution in [0.3, 0.4) is 0 Å². The molecule has 0 aromatic heterocycles. The van der Waals surface area contributed by atoms with E-state index in [1.54, 1.807) is 25.3 Å². The molecule has 1 aliphatic heterocycles. The predicted molar refractivity (Wildman–Crippen MR) is 184 cm³/mol. The minimum absolute atomic E-state index is 0.0614. The van der Waals surface area contributed by atoms with Crippen LogP contribution in [0, 0.1) is 10.8 Å². The second-order valence-electron chi connectivity index (χ2n) is 14.2. The molecule has 0 amide bonds. The lowest BCUT2D eigenvalue weighted by molar-refractivity contribution is -0.119. The highest BCUT2D eigenvalue weighted by molar-refractivity contribution is 6.35. The van der Waals surface area contributed by atoms with E-state index in [1.165, 1.54) is 0 Å². The minimum atomic E-state index is -0.560. The van der Waals surface area contributed by atoms with E-state index in [4.69, 9.17) is 44.3 Å². The second-order valence-corrected chi connectivity index (χ2v) is 15.4. The Labute approximate surface area is 286 Å². The number of rotatable bonds is 7. The van der Waals surface area contributed by atoms with Crippen molar-refractivity contribution >= 4 is 46.4 Å². The Hall–Kier alpha value is -3.25. The lowest BCUT2D eigenvalue weighted by atomic mass is 9.63. The molecule has 8 heteroatoms. The van der Waals surface area contributed by atoms with Crippen LogP contribution in [0.2, 0.25) is 15.1 Å². The first-order chi connectivity index (χ1) is 21.8. The summed E-state index contributed by atoms with van der Waals surface area (Å²) in [4.78, 5) is 30.7. The van der Waals surface area contributed by atoms with E-state index in [1.807, 2.05) is 30.3 Å². The van der Waals surface area contributed by atoms with E-state index < -0.39 is 5.92 Å². The number of Topliss-reactive ketones (excluding diaryl/α,β-unsaturated/α-hetero) is 2. The van der Waals surface area contributed by atoms with E-state index in [-0.39, 0.29) is 29.0 Å². The van der Waals surface area contributed by atoms with Crippen molar-refractivity contribution in [1.29, 1.82) is 0 Å². The molecule has 0 radical (unpaired) electrons. The van der Waals surface area contributed by atoms with Gasteiger partial charge in [-0.1, -0.05) is 98.9 Å². The van der Waals surface area contributed by atoms with E-state index in [0.29, 0.717) is 57.1 Å². The Morgan fingerprint density at radius 2 is 1.39 bits per heavy atom. The number of hydrogen-bond acceptors (Lipinski definition) is 5. The molecule has 5 nitrogen and oxygen atoms in total. The van der Waals surface area contributed by atoms with Gasteiger partial charge in [0.25, 0.3) is 0 Å². The van der Waals surface area contributed by atoms with Gasteiger partial charge in [0.15, 0.2) is 23.1 Å². The van der Waals surface area contributed by atoms with Gasteiger partial charge in [-0.15, -0.1) is 0 Å². The fourth-order valence-corrected chi connectivity index (χ4v) is 7.91. The molecular weight excluding hydrogens is 641 g/mol. The Balaban J connectivity index is 1.50. The molecule has 3 aliphatic rings. The number of ketones is 2. The lowest BCUT2D eigenvalue weighted by Crippen LogP contribution is -2.44. The molecule has 0 atom stereocenters. The molecule has 1 heterocycles. The summed E-state index contributed by atoms with van der Waals surface area (Å²) >= 11 is 19.4. The Morgan fingerprint density at radius 1 is 0.783 bits per heavy atom. The van der Waals surface area contributed by atoms with Crippen LogP contribution >= 0.6 is 34.8 Å². The molecule has 0 saturated heterocycles. The topological polar surface area (TPSA) is 55.8 Å². The first-order valence-corrected chi connectivity index (χ1v) is 16.7. The number of benzene rings is 3. The van der Waals surface area contributed by atoms with E-state index in [0.717, 1.165) is 40.9 Å². The van der Waals surface area contributed by atoms with E-state index >= 15 is 0 Å². The van der Waals surface area contributed by atoms with Crippen molar-refractivity contribution in [3.05, 3.63) is 115 Å². The third kappa shape index (κ3) is 6.34. The summed E-state index contributed by atoms with van der Waals surface area (Å²) in [5.74, 6) is 0.333. The van der Waals surface area contributed by atoms with E-state index in [9.17, 15) is 9.59 Å². The van der Waals surface area contributed by atoms with Crippen LogP contribution in [0.4, 0.5) is 0 Å². The molecule has 2 aliphatic carbocycles. The quantitative estimate of drug-likeness (QED) is 0.249. The van der Waals surface area contributed by atoms with Crippen LogP contribution in [0.1, 0.15) is 76.0 Å². The lowest BCUT2D eigenvalue weighted by Gasteiger charge is -2.49. The molecule has 0 unspecified atom stereocenters. The molecule has 3 aromatic carbocycles. The number of ether oxygens (including phenoxy) is 2. The van der Waals surface area contributed by atoms with Crippen LogP contribution < -0.4 is 9.47 Å². The number of methoxy groups -OCH3 is 1. The average molecular weight is 679 g/mol. The number of allylic oxidation sites excluding steroid dienone is 4. The molecule has 0 fully saturated rings. The summed E-state index contributed by atoms with van der Waals surface area (Å²) in [7, 11) is 1.55. The van der Waals surface area contributed by atoms with Gasteiger partial charge in [0.2, 0.25) is 0 Å². The zero-order chi connectivity index (χ0) is 33.0. The molecule has 6 rings (SSSR count). The van der Waals surface area contributed by atoms with Gasteiger partial charge in [0, 0.05) is 63.5 Å². The average Bonchev–Trinajstić information content (AvgIpc) is 2.97. The van der Waals surface area contributed by atoms with Gasteiger partial charge < -0.3 is 14.4 Å². The summed E-state index contributed by atoms with van der Waals surface area (Å²) in [5.41, 5.74) is 5.50. The number of halogens is 3. The van der Waals surface area contributed by atoms with Crippen molar-refractivity contribution in [1.82, 2.24) is 4.90 Å². The first-order valence-electron chi connectivity index (χ1n) is 15.5. The molecule has 46 heavy (non-hydrogen) atoms. The van der Waals surface area contributed by atoms with Gasteiger partial charge in [0.1, 0.15) is 6.61 Å². The van der Waals surface area contributed by atoms with Crippen molar-refractivity contribution in [2.75, 3.05) is 7.11 Å². The SMILES string of the molecule is COc1cc(C2C3=C(CC(C)(C)CC3=O)N(Cc3ccccc3)C3=C2C(=O)CC(C)(C)C3)cc(Cl)c1OCc1ccc(Cl)cc1Cl. The number of carbonyl (C=O) groups is 2. The van der Waals surface area contributed by atoms with Gasteiger partial charge in [-0.2, -0.15) is 0 Å². The maximum atomic E-state index is 14.2. The third-order valence-corrected chi connectivity index (χ3v) is 10.0. The summed E-state index contributed by atoms with van der Waals surface area (Å²) in [6, 6.07) is 19.1. The predicted octanol–water partition coefficient (Wildman–Crippen LogP) is 10.1. The minimum Gasteiger partial charge on any atom is -0.493 e. The highest BCUT2D eigenvalue weighted by atomic mass is 35.5. The van der Waals surface area contributed by atoms with Gasteiger partial charge in [-0.05, 0) is 59.1 Å². The Morgan fingerprint density at radius 3 is 1.96 bits per heavy atom. The zero-order valence-corrected chi connectivity index (χ0v) is 29.1. The van der Waals surface area contributed by atoms with E-state index in [2.05, 4.69) is 44.7 Å². The van der Waals surface area contributed by atoms with Gasteiger partial charge in [0.05, 0.1) is 12.1 Å². The van der Waals surface area contributed by atoms with Crippen LogP contribution in [0.15, 0.2) is 83.2 Å². The number of nitrogens with zero attached hydrogens (tertiary/aromatic N) is 1. The maximum absolute atomic E-state index is 14.2. The standard InChI is InChI=1S/C38H38Cl3NO4/c1-37(2)16-28-34(30(43)18-37)33(35-29(17-38(3,4)19-31(35)44)42(28)20-22-9-7-6-8-10-22)24-13-27(41)36(32(14-24)45-5)46-21-23-11-12-25(39)15-26(23)40/h6-15,33H,16-21H2,1-5H3. The van der Waals surface area contributed by atoms with Crippen molar-refractivity contribution < 1.29 is 19.1 Å². The molecule has 240 valence electrons. The van der Waals surface area contributed by atoms with Crippen LogP contribution in [-0.4, -0.2) is 23.6 Å². The Kier molecular flexibility index (Phi) is 8.82. The monoisotopic (exact) mass is 677 g/mol. The second kappa shape index (κ2) is 12.4. The molecule has 0 N–H and O–H groups in total. The molecule has 3 aromatic rings. The fraction of sp³-hybridized carbons (Fsp3) is 0.368. The molecule has 0 saturated carbocycles. The van der Waals surface area contributed by atoms with Crippen molar-refractivity contribution in [3.8, 4) is 11.5 Å². The number of hydrogen-bond donors (Lipinski definition) is 0. The molecule has 0 spiro atoms. The summed E-state index contributed by atoms with van der Waals surface area (Å²) in [6.07, 6.45) is 2.24. The normalized spacial score (nSPS) is 19.3. The van der Waals surface area contributed by atoms with Gasteiger partial charge in [-0.25, -0.2) is 0 Å². The number of carbonyl (C=O) groups excluding carboxylic acids is 2. The summed E-state index contributed by atoms with van der Waals surface area (Å²) in [5, 5.41) is 1.34. The fourth-order valence-electron chi connectivity index (χ4n) is 7.17. The van der Waals surface area contributed by atoms with Crippen molar-refractivity contribution in [2.45, 2.75) is 72.4 Å². The third-order valence-electron chi connectivity index (χ3n) is 9.18. The maximum Gasteiger partial charge on any atom is 0.180 e. The molecule has 0 bridgehead atoms. The van der Waals surface area contributed by atoms with Crippen LogP contribution in [-0.2, 0) is 22.7 Å². The smallest absolute Gasteiger partial charge is 0.180 e. The van der Waals surface area contributed by atoms with Gasteiger partial charge in [-0.3, -0.25) is 9.59 Å². The van der Waals surface area contributed by atoms with Crippen LogP contribution in [0.5, 0.6) is 11.5 Å². The summed E-state index contributed by atoms with van der Waals surface area (Å²) in [6.45, 7) is 9.30. The Bertz CT molecular complexity index is 1740. The first kappa shape index (κ1) is 32.7. The van der Waals surface area contributed by atoms with Crippen molar-refractivity contribution in [2.24, 2.45) is 10.8 Å². The molecular formula is C38H38Cl3NO4. The summed E-state index contributed by atoms with van der Waals surface area (Å²) < 4.78 is 12.0. The zero-order valence-electron chi connectivity index (χ0n) is 26.8. The largest absolute Gasteiger partial charge is 0.493 e. The highest BCUT2D eigenvalue weighted by Gasteiger charge is 2.49. The van der Waals surface area contributed by atoms with Gasteiger partial charge >= 0.3 is 0 Å².